The molecule has 0 saturated carbocycles. The zero-order valence-electron chi connectivity index (χ0n) is 12.6. The van der Waals surface area contributed by atoms with E-state index < -0.39 is 6.10 Å². The van der Waals surface area contributed by atoms with E-state index in [0.717, 1.165) is 35.1 Å². The first-order valence-electron chi connectivity index (χ1n) is 7.43. The van der Waals surface area contributed by atoms with Gasteiger partial charge in [0.05, 0.1) is 11.8 Å². The molecule has 1 N–H and O–H groups in total. The Labute approximate surface area is 135 Å². The molecule has 0 bridgehead atoms. The molecule has 1 atom stereocenters. The van der Waals surface area contributed by atoms with Crippen molar-refractivity contribution in [2.45, 2.75) is 32.8 Å². The molecule has 0 aliphatic heterocycles. The Balaban J connectivity index is 2.37. The number of hydrogen-bond donors (Lipinski definition) is 1. The van der Waals surface area contributed by atoms with Gasteiger partial charge < -0.3 is 10.0 Å². The molecule has 0 spiro atoms. The molecule has 2 rings (SSSR count). The topological polar surface area (TPSA) is 23.5 Å². The van der Waals surface area contributed by atoms with Crippen LogP contribution < -0.4 is 4.90 Å². The predicted molar refractivity (Wildman–Crippen MR) is 93.1 cm³/mol. The highest BCUT2D eigenvalue weighted by molar-refractivity contribution is 9.10. The zero-order valence-corrected chi connectivity index (χ0v) is 14.2. The molecule has 0 saturated heterocycles. The minimum atomic E-state index is -0.448. The Kier molecular flexibility index (Phi) is 5.83. The summed E-state index contributed by atoms with van der Waals surface area (Å²) in [6.45, 7) is 4.97. The summed E-state index contributed by atoms with van der Waals surface area (Å²) in [5, 5.41) is 9.70. The van der Waals surface area contributed by atoms with Crippen molar-refractivity contribution in [3.63, 3.8) is 0 Å². The molecule has 0 radical (unpaired) electrons. The van der Waals surface area contributed by atoms with Crippen LogP contribution in [0.3, 0.4) is 0 Å². The summed E-state index contributed by atoms with van der Waals surface area (Å²) in [4.78, 5) is 2.32. The first-order chi connectivity index (χ1) is 10.1. The first kappa shape index (κ1) is 16.1. The van der Waals surface area contributed by atoms with E-state index in [1.807, 2.05) is 18.2 Å². The fourth-order valence-electron chi connectivity index (χ4n) is 2.31. The summed E-state index contributed by atoms with van der Waals surface area (Å²) in [6, 6.07) is 16.5. The second kappa shape index (κ2) is 7.62. The molecule has 2 aromatic carbocycles. The summed E-state index contributed by atoms with van der Waals surface area (Å²) >= 11 is 3.65. The molecule has 112 valence electrons. The standard InChI is InChI=1S/C18H22BrNO/c1-3-4-12-20(16-8-6-5-7-9-16)18-11-10-15(14(2)21)13-17(18)19/h5-11,13-14,21H,3-4,12H2,1-2H3/t14-/m1/s1. The summed E-state index contributed by atoms with van der Waals surface area (Å²) in [6.07, 6.45) is 1.85. The number of aliphatic hydroxyl groups excluding tert-OH is 1. The van der Waals surface area contributed by atoms with Gasteiger partial charge in [-0.05, 0) is 59.1 Å². The van der Waals surface area contributed by atoms with Gasteiger partial charge in [0.15, 0.2) is 0 Å². The van der Waals surface area contributed by atoms with Crippen LogP contribution in [0.1, 0.15) is 38.4 Å². The van der Waals surface area contributed by atoms with E-state index in [9.17, 15) is 5.11 Å². The van der Waals surface area contributed by atoms with E-state index in [1.54, 1.807) is 6.92 Å². The highest BCUT2D eigenvalue weighted by atomic mass is 79.9. The van der Waals surface area contributed by atoms with Gasteiger partial charge in [-0.2, -0.15) is 0 Å². The second-order valence-electron chi connectivity index (χ2n) is 5.23. The lowest BCUT2D eigenvalue weighted by atomic mass is 10.1. The SMILES string of the molecule is CCCCN(c1ccccc1)c1ccc([C@@H](C)O)cc1Br. The van der Waals surface area contributed by atoms with E-state index >= 15 is 0 Å². The van der Waals surface area contributed by atoms with Crippen LogP contribution in [0.25, 0.3) is 0 Å². The summed E-state index contributed by atoms with van der Waals surface area (Å²) in [5.41, 5.74) is 3.25. The summed E-state index contributed by atoms with van der Waals surface area (Å²) in [5.74, 6) is 0. The van der Waals surface area contributed by atoms with Crippen molar-refractivity contribution in [2.24, 2.45) is 0 Å². The number of hydrogen-bond acceptors (Lipinski definition) is 2. The average molecular weight is 348 g/mol. The van der Waals surface area contributed by atoms with Crippen molar-refractivity contribution in [3.8, 4) is 0 Å². The van der Waals surface area contributed by atoms with E-state index in [4.69, 9.17) is 0 Å². The smallest absolute Gasteiger partial charge is 0.0762 e. The van der Waals surface area contributed by atoms with Crippen LogP contribution in [0.5, 0.6) is 0 Å². The number of benzene rings is 2. The van der Waals surface area contributed by atoms with Crippen LogP contribution in [0.15, 0.2) is 53.0 Å². The lowest BCUT2D eigenvalue weighted by Gasteiger charge is -2.26. The third-order valence-electron chi connectivity index (χ3n) is 3.55. The van der Waals surface area contributed by atoms with Crippen LogP contribution in [0.4, 0.5) is 11.4 Å². The fraction of sp³-hybridized carbons (Fsp3) is 0.333. The Morgan fingerprint density at radius 3 is 2.43 bits per heavy atom. The van der Waals surface area contributed by atoms with Crippen molar-refractivity contribution in [2.75, 3.05) is 11.4 Å². The number of aliphatic hydroxyl groups is 1. The van der Waals surface area contributed by atoms with Gasteiger partial charge in [0.1, 0.15) is 0 Å². The maximum atomic E-state index is 9.70. The molecule has 0 heterocycles. The van der Waals surface area contributed by atoms with Crippen molar-refractivity contribution < 1.29 is 5.11 Å². The number of para-hydroxylation sites is 1. The lowest BCUT2D eigenvalue weighted by Crippen LogP contribution is -2.18. The van der Waals surface area contributed by atoms with Gasteiger partial charge in [-0.15, -0.1) is 0 Å². The molecule has 21 heavy (non-hydrogen) atoms. The van der Waals surface area contributed by atoms with Crippen LogP contribution in [0.2, 0.25) is 0 Å². The molecule has 3 heteroatoms. The summed E-state index contributed by atoms with van der Waals surface area (Å²) < 4.78 is 1.01. The summed E-state index contributed by atoms with van der Waals surface area (Å²) in [7, 11) is 0. The largest absolute Gasteiger partial charge is 0.389 e. The van der Waals surface area contributed by atoms with Crippen molar-refractivity contribution in [1.82, 2.24) is 0 Å². The van der Waals surface area contributed by atoms with Gasteiger partial charge in [0.25, 0.3) is 0 Å². The van der Waals surface area contributed by atoms with Gasteiger partial charge in [-0.1, -0.05) is 37.6 Å². The zero-order chi connectivity index (χ0) is 15.2. The van der Waals surface area contributed by atoms with E-state index in [0.29, 0.717) is 0 Å². The fourth-order valence-corrected chi connectivity index (χ4v) is 2.93. The third kappa shape index (κ3) is 4.08. The van der Waals surface area contributed by atoms with E-state index in [-0.39, 0.29) is 0 Å². The average Bonchev–Trinajstić information content (AvgIpc) is 2.50. The Morgan fingerprint density at radius 2 is 1.86 bits per heavy atom. The molecule has 0 unspecified atom stereocenters. The number of rotatable bonds is 6. The molecule has 0 amide bonds. The van der Waals surface area contributed by atoms with Crippen LogP contribution in [-0.4, -0.2) is 11.7 Å². The Morgan fingerprint density at radius 1 is 1.14 bits per heavy atom. The first-order valence-corrected chi connectivity index (χ1v) is 8.23. The van der Waals surface area contributed by atoms with Crippen LogP contribution in [0, 0.1) is 0 Å². The van der Waals surface area contributed by atoms with Crippen molar-refractivity contribution in [3.05, 3.63) is 58.6 Å². The highest BCUT2D eigenvalue weighted by Crippen LogP contribution is 2.34. The maximum absolute atomic E-state index is 9.70. The normalized spacial score (nSPS) is 12.2. The quantitative estimate of drug-likeness (QED) is 0.751. The van der Waals surface area contributed by atoms with Crippen molar-refractivity contribution in [1.29, 1.82) is 0 Å². The maximum Gasteiger partial charge on any atom is 0.0762 e. The Bertz CT molecular complexity index is 569. The molecule has 0 aromatic heterocycles. The second-order valence-corrected chi connectivity index (χ2v) is 6.08. The van der Waals surface area contributed by atoms with Gasteiger partial charge in [-0.3, -0.25) is 0 Å². The number of halogens is 1. The van der Waals surface area contributed by atoms with Crippen molar-refractivity contribution >= 4 is 27.3 Å². The predicted octanol–water partition coefficient (Wildman–Crippen LogP) is 5.44. The molecule has 0 aliphatic carbocycles. The van der Waals surface area contributed by atoms with Gasteiger partial charge >= 0.3 is 0 Å². The minimum Gasteiger partial charge on any atom is -0.389 e. The minimum absolute atomic E-state index is 0.448. The van der Waals surface area contributed by atoms with Crippen LogP contribution >= 0.6 is 15.9 Å². The molecule has 0 aliphatic rings. The van der Waals surface area contributed by atoms with Gasteiger partial charge in [0.2, 0.25) is 0 Å². The van der Waals surface area contributed by atoms with Gasteiger partial charge in [0, 0.05) is 16.7 Å². The van der Waals surface area contributed by atoms with E-state index in [2.05, 4.69) is 58.1 Å². The monoisotopic (exact) mass is 347 g/mol. The molecular weight excluding hydrogens is 326 g/mol. The molecule has 0 fully saturated rings. The number of unbranched alkanes of at least 4 members (excludes halogenated alkanes) is 1. The molecule has 2 nitrogen and oxygen atoms in total. The van der Waals surface area contributed by atoms with Gasteiger partial charge in [-0.25, -0.2) is 0 Å². The molecule has 2 aromatic rings. The third-order valence-corrected chi connectivity index (χ3v) is 4.18. The Hall–Kier alpha value is -1.32. The number of anilines is 2. The number of nitrogens with zero attached hydrogens (tertiary/aromatic N) is 1. The van der Waals surface area contributed by atoms with E-state index in [1.165, 1.54) is 5.69 Å². The lowest BCUT2D eigenvalue weighted by molar-refractivity contribution is 0.199. The van der Waals surface area contributed by atoms with Crippen LogP contribution in [-0.2, 0) is 0 Å². The highest BCUT2D eigenvalue weighted by Gasteiger charge is 2.13. The molecular formula is C18H22BrNO.